The number of hydrogen-bond acceptors (Lipinski definition) is 5. The molecule has 0 saturated heterocycles. The van der Waals surface area contributed by atoms with Crippen LogP contribution < -0.4 is 14.8 Å². The molecule has 2 aromatic rings. The number of esters is 1. The van der Waals surface area contributed by atoms with Gasteiger partial charge >= 0.3 is 12.6 Å². The molecule has 0 radical (unpaired) electrons. The molecule has 0 bridgehead atoms. The van der Waals surface area contributed by atoms with Gasteiger partial charge in [-0.3, -0.25) is 4.79 Å². The molecule has 0 aliphatic heterocycles. The summed E-state index contributed by atoms with van der Waals surface area (Å²) in [5.74, 6) is -1.56. The number of ether oxygens (including phenoxy) is 3. The Morgan fingerprint density at radius 1 is 1.07 bits per heavy atom. The Kier molecular flexibility index (Phi) is 7.31. The smallest absolute Gasteiger partial charge is 0.387 e. The number of carbonyl (C=O) groups is 2. The molecule has 1 N–H and O–H groups in total. The van der Waals surface area contributed by atoms with Crippen molar-refractivity contribution in [1.82, 2.24) is 0 Å². The minimum absolute atomic E-state index is 0.0328. The maximum absolute atomic E-state index is 12.4. The summed E-state index contributed by atoms with van der Waals surface area (Å²) in [6.45, 7) is 0.428. The van der Waals surface area contributed by atoms with Gasteiger partial charge in [-0.25, -0.2) is 4.79 Å². The number of nitrogens with one attached hydrogen (secondary N) is 1. The molecule has 150 valence electrons. The van der Waals surface area contributed by atoms with Crippen molar-refractivity contribution in [2.75, 3.05) is 12.4 Å². The van der Waals surface area contributed by atoms with E-state index < -0.39 is 24.6 Å². The molecule has 1 amide bonds. The molecule has 28 heavy (non-hydrogen) atoms. The van der Waals surface area contributed by atoms with Gasteiger partial charge in [0.1, 0.15) is 0 Å². The standard InChI is InChI=1S/C20H21F2NO5/c1-4-13-5-8-15(9-6-13)23-18(24)12(2)27-19(25)14-7-10-16(28-20(21)22)17(11-14)26-3/h5-12,20H,4H2,1-3H3,(H,23,24)/t12-/m1/s1. The highest BCUT2D eigenvalue weighted by atomic mass is 19.3. The van der Waals surface area contributed by atoms with E-state index in [0.29, 0.717) is 5.69 Å². The van der Waals surface area contributed by atoms with Gasteiger partial charge in [0.15, 0.2) is 17.6 Å². The lowest BCUT2D eigenvalue weighted by atomic mass is 10.1. The van der Waals surface area contributed by atoms with Crippen molar-refractivity contribution in [3.05, 3.63) is 53.6 Å². The summed E-state index contributed by atoms with van der Waals surface area (Å²) in [7, 11) is 1.25. The Hall–Kier alpha value is -3.16. The van der Waals surface area contributed by atoms with Crippen LogP contribution in [0.3, 0.4) is 0 Å². The van der Waals surface area contributed by atoms with Crippen LogP contribution in [-0.4, -0.2) is 31.7 Å². The number of methoxy groups -OCH3 is 1. The highest BCUT2D eigenvalue weighted by molar-refractivity contribution is 5.97. The molecular weight excluding hydrogens is 372 g/mol. The maximum Gasteiger partial charge on any atom is 0.387 e. The second-order valence-corrected chi connectivity index (χ2v) is 5.83. The number of carbonyl (C=O) groups excluding carboxylic acids is 2. The fourth-order valence-corrected chi connectivity index (χ4v) is 2.34. The Balaban J connectivity index is 2.01. The molecule has 0 aliphatic carbocycles. The van der Waals surface area contributed by atoms with Gasteiger partial charge in [-0.1, -0.05) is 19.1 Å². The van der Waals surface area contributed by atoms with Gasteiger partial charge in [-0.05, 0) is 49.2 Å². The van der Waals surface area contributed by atoms with Crippen molar-refractivity contribution in [1.29, 1.82) is 0 Å². The average Bonchev–Trinajstić information content (AvgIpc) is 2.68. The zero-order valence-electron chi connectivity index (χ0n) is 15.7. The van der Waals surface area contributed by atoms with E-state index in [4.69, 9.17) is 9.47 Å². The van der Waals surface area contributed by atoms with Crippen LogP contribution in [0.1, 0.15) is 29.8 Å². The predicted octanol–water partition coefficient (Wildman–Crippen LogP) is 4.04. The SMILES string of the molecule is CCc1ccc(NC(=O)[C@@H](C)OC(=O)c2ccc(OC(F)F)c(OC)c2)cc1. The molecule has 8 heteroatoms. The van der Waals surface area contributed by atoms with E-state index in [1.54, 1.807) is 12.1 Å². The van der Waals surface area contributed by atoms with Crippen LogP contribution in [0.5, 0.6) is 11.5 Å². The molecule has 6 nitrogen and oxygen atoms in total. The van der Waals surface area contributed by atoms with Crippen LogP contribution in [0.4, 0.5) is 14.5 Å². The number of amides is 1. The molecule has 0 aliphatic rings. The number of alkyl halides is 2. The zero-order chi connectivity index (χ0) is 20.7. The van der Waals surface area contributed by atoms with Crippen molar-refractivity contribution >= 4 is 17.6 Å². The van der Waals surface area contributed by atoms with Crippen molar-refractivity contribution in [2.45, 2.75) is 33.0 Å². The summed E-state index contributed by atoms with van der Waals surface area (Å²) in [5.41, 5.74) is 1.75. The molecule has 1 atom stereocenters. The quantitative estimate of drug-likeness (QED) is 0.685. The van der Waals surface area contributed by atoms with Crippen LogP contribution in [0.25, 0.3) is 0 Å². The van der Waals surface area contributed by atoms with Crippen LogP contribution in [0.15, 0.2) is 42.5 Å². The van der Waals surface area contributed by atoms with Gasteiger partial charge < -0.3 is 19.5 Å². The molecule has 0 saturated carbocycles. The van der Waals surface area contributed by atoms with Gasteiger partial charge in [0, 0.05) is 5.69 Å². The number of rotatable bonds is 8. The summed E-state index contributed by atoms with van der Waals surface area (Å²) >= 11 is 0. The summed E-state index contributed by atoms with van der Waals surface area (Å²) in [6.07, 6.45) is -0.186. The van der Waals surface area contributed by atoms with E-state index in [1.807, 2.05) is 19.1 Å². The van der Waals surface area contributed by atoms with Gasteiger partial charge in [0.25, 0.3) is 5.91 Å². The first-order valence-electron chi connectivity index (χ1n) is 8.57. The van der Waals surface area contributed by atoms with Crippen LogP contribution in [-0.2, 0) is 16.0 Å². The first-order chi connectivity index (χ1) is 13.3. The summed E-state index contributed by atoms with van der Waals surface area (Å²) in [4.78, 5) is 24.5. The molecule has 2 rings (SSSR count). The van der Waals surface area contributed by atoms with Crippen molar-refractivity contribution in [2.24, 2.45) is 0 Å². The van der Waals surface area contributed by atoms with Crippen molar-refractivity contribution < 1.29 is 32.6 Å². The van der Waals surface area contributed by atoms with E-state index in [-0.39, 0.29) is 17.1 Å². The van der Waals surface area contributed by atoms with E-state index in [2.05, 4.69) is 10.1 Å². The predicted molar refractivity (Wildman–Crippen MR) is 99.0 cm³/mol. The minimum Gasteiger partial charge on any atom is -0.493 e. The summed E-state index contributed by atoms with van der Waals surface area (Å²) < 4.78 is 39.1. The minimum atomic E-state index is -3.03. The zero-order valence-corrected chi connectivity index (χ0v) is 15.7. The van der Waals surface area contributed by atoms with Gasteiger partial charge in [0.05, 0.1) is 12.7 Å². The van der Waals surface area contributed by atoms with E-state index in [1.165, 1.54) is 32.2 Å². The topological polar surface area (TPSA) is 73.9 Å². The largest absolute Gasteiger partial charge is 0.493 e. The number of hydrogen-bond donors (Lipinski definition) is 1. The lowest BCUT2D eigenvalue weighted by molar-refractivity contribution is -0.123. The van der Waals surface area contributed by atoms with Gasteiger partial charge in [0.2, 0.25) is 0 Å². The molecule has 0 fully saturated rings. The normalized spacial score (nSPS) is 11.6. The fourth-order valence-electron chi connectivity index (χ4n) is 2.34. The molecule has 0 aromatic heterocycles. The van der Waals surface area contributed by atoms with Crippen LogP contribution in [0.2, 0.25) is 0 Å². The van der Waals surface area contributed by atoms with E-state index in [0.717, 1.165) is 12.0 Å². The Morgan fingerprint density at radius 3 is 2.32 bits per heavy atom. The molecule has 0 unspecified atom stereocenters. The third kappa shape index (κ3) is 5.67. The maximum atomic E-state index is 12.4. The monoisotopic (exact) mass is 393 g/mol. The lowest BCUT2D eigenvalue weighted by Gasteiger charge is -2.15. The molecule has 0 heterocycles. The first-order valence-corrected chi connectivity index (χ1v) is 8.57. The molecule has 2 aromatic carbocycles. The summed E-state index contributed by atoms with van der Waals surface area (Å²) in [6, 6.07) is 10.9. The highest BCUT2D eigenvalue weighted by Crippen LogP contribution is 2.29. The van der Waals surface area contributed by atoms with Gasteiger partial charge in [-0.15, -0.1) is 0 Å². The molecular formula is C20H21F2NO5. The Bertz CT molecular complexity index is 824. The number of aryl methyl sites for hydroxylation is 1. The Labute approximate surface area is 161 Å². The van der Waals surface area contributed by atoms with Crippen molar-refractivity contribution in [3.8, 4) is 11.5 Å². The van der Waals surface area contributed by atoms with Crippen molar-refractivity contribution in [3.63, 3.8) is 0 Å². The lowest BCUT2D eigenvalue weighted by Crippen LogP contribution is -2.30. The Morgan fingerprint density at radius 2 is 1.75 bits per heavy atom. The third-order valence-corrected chi connectivity index (χ3v) is 3.90. The number of benzene rings is 2. The summed E-state index contributed by atoms with van der Waals surface area (Å²) in [5, 5.41) is 2.66. The van der Waals surface area contributed by atoms with Crippen LogP contribution >= 0.6 is 0 Å². The number of halogens is 2. The van der Waals surface area contributed by atoms with E-state index in [9.17, 15) is 18.4 Å². The average molecular weight is 393 g/mol. The van der Waals surface area contributed by atoms with Crippen LogP contribution in [0, 0.1) is 0 Å². The second kappa shape index (κ2) is 9.68. The fraction of sp³-hybridized carbons (Fsp3) is 0.300. The third-order valence-electron chi connectivity index (χ3n) is 3.90. The first kappa shape index (κ1) is 21.1. The molecule has 0 spiro atoms. The number of anilines is 1. The van der Waals surface area contributed by atoms with E-state index >= 15 is 0 Å². The van der Waals surface area contributed by atoms with Gasteiger partial charge in [-0.2, -0.15) is 8.78 Å². The second-order valence-electron chi connectivity index (χ2n) is 5.83. The highest BCUT2D eigenvalue weighted by Gasteiger charge is 2.21.